The van der Waals surface area contributed by atoms with Gasteiger partial charge in [0, 0.05) is 6.20 Å². The summed E-state index contributed by atoms with van der Waals surface area (Å²) in [6.07, 6.45) is 5.28. The highest BCUT2D eigenvalue weighted by Crippen LogP contribution is 2.22. The molecule has 0 aliphatic carbocycles. The Morgan fingerprint density at radius 2 is 2.43 bits per heavy atom. The summed E-state index contributed by atoms with van der Waals surface area (Å²) < 4.78 is 5.27. The van der Waals surface area contributed by atoms with Crippen LogP contribution in [0.1, 0.15) is 12.5 Å². The van der Waals surface area contributed by atoms with Crippen molar-refractivity contribution >= 4 is 11.6 Å². The second-order valence-corrected chi connectivity index (χ2v) is 3.08. The number of aliphatic hydroxyl groups is 1. The number of allylic oxidation sites excluding steroid dienone is 1. The maximum Gasteiger partial charge on any atom is 0.232 e. The van der Waals surface area contributed by atoms with Crippen LogP contribution in [0, 0.1) is 0 Å². The van der Waals surface area contributed by atoms with Crippen LogP contribution in [0.4, 0.5) is 0 Å². The minimum Gasteiger partial charge on any atom is -0.472 e. The Kier molecular flexibility index (Phi) is 4.43. The average Bonchev–Trinajstić information content (AvgIpc) is 2.20. The van der Waals surface area contributed by atoms with Crippen molar-refractivity contribution in [2.75, 3.05) is 6.61 Å². The highest BCUT2D eigenvalue weighted by atomic mass is 35.5. The molecule has 0 radical (unpaired) electrons. The van der Waals surface area contributed by atoms with Gasteiger partial charge in [0.1, 0.15) is 11.6 Å². The molecule has 4 heteroatoms. The molecule has 14 heavy (non-hydrogen) atoms. The fourth-order valence-electron chi connectivity index (χ4n) is 0.881. The van der Waals surface area contributed by atoms with Gasteiger partial charge in [-0.25, -0.2) is 4.98 Å². The van der Waals surface area contributed by atoms with Crippen LogP contribution in [-0.4, -0.2) is 16.7 Å². The molecule has 1 rings (SSSR count). The summed E-state index contributed by atoms with van der Waals surface area (Å²) in [5.41, 5.74) is 0.674. The van der Waals surface area contributed by atoms with Crippen LogP contribution >= 0.6 is 11.6 Å². The first-order chi connectivity index (χ1) is 6.77. The molecule has 0 aromatic carbocycles. The lowest BCUT2D eigenvalue weighted by atomic mass is 10.3. The van der Waals surface area contributed by atoms with E-state index >= 15 is 0 Å². The van der Waals surface area contributed by atoms with Gasteiger partial charge in [0.25, 0.3) is 0 Å². The van der Waals surface area contributed by atoms with E-state index in [1.807, 2.05) is 19.1 Å². The minimum absolute atomic E-state index is 0.0676. The molecule has 0 fully saturated rings. The van der Waals surface area contributed by atoms with E-state index in [1.165, 1.54) is 6.20 Å². The van der Waals surface area contributed by atoms with E-state index in [0.29, 0.717) is 23.1 Å². The van der Waals surface area contributed by atoms with E-state index in [1.54, 1.807) is 6.07 Å². The van der Waals surface area contributed by atoms with Crippen LogP contribution in [-0.2, 0) is 6.61 Å². The summed E-state index contributed by atoms with van der Waals surface area (Å²) in [5, 5.41) is 9.23. The summed E-state index contributed by atoms with van der Waals surface area (Å²) in [6, 6.07) is 1.64. The summed E-state index contributed by atoms with van der Waals surface area (Å²) in [4.78, 5) is 3.97. The van der Waals surface area contributed by atoms with E-state index in [4.69, 9.17) is 21.4 Å². The monoisotopic (exact) mass is 213 g/mol. The van der Waals surface area contributed by atoms with E-state index in [-0.39, 0.29) is 6.61 Å². The van der Waals surface area contributed by atoms with Gasteiger partial charge in [-0.2, -0.15) is 0 Å². The fourth-order valence-corrected chi connectivity index (χ4v) is 1.12. The van der Waals surface area contributed by atoms with Crippen LogP contribution in [0.5, 0.6) is 5.88 Å². The molecule has 0 saturated carbocycles. The number of halogens is 1. The normalized spacial score (nSPS) is 10.8. The first kappa shape index (κ1) is 11.0. The fraction of sp³-hybridized carbons (Fsp3) is 0.300. The van der Waals surface area contributed by atoms with Crippen molar-refractivity contribution in [3.8, 4) is 5.88 Å². The molecule has 0 aliphatic heterocycles. The largest absolute Gasteiger partial charge is 0.472 e. The molecule has 1 aromatic rings. The number of hydrogen-bond donors (Lipinski definition) is 1. The Morgan fingerprint density at radius 3 is 3.00 bits per heavy atom. The molecular weight excluding hydrogens is 202 g/mol. The van der Waals surface area contributed by atoms with Gasteiger partial charge in [0.15, 0.2) is 0 Å². The summed E-state index contributed by atoms with van der Waals surface area (Å²) in [6.45, 7) is 2.29. The zero-order valence-corrected chi connectivity index (χ0v) is 8.66. The van der Waals surface area contributed by atoms with E-state index < -0.39 is 0 Å². The lowest BCUT2D eigenvalue weighted by Crippen LogP contribution is -1.97. The first-order valence-electron chi connectivity index (χ1n) is 4.27. The Hall–Kier alpha value is -1.06. The lowest BCUT2D eigenvalue weighted by molar-refractivity contribution is 0.280. The zero-order valence-electron chi connectivity index (χ0n) is 7.90. The van der Waals surface area contributed by atoms with Gasteiger partial charge in [-0.05, 0) is 18.6 Å². The third kappa shape index (κ3) is 3.01. The molecule has 1 heterocycles. The van der Waals surface area contributed by atoms with Crippen LogP contribution in [0.15, 0.2) is 24.4 Å². The topological polar surface area (TPSA) is 42.4 Å². The third-order valence-corrected chi connectivity index (χ3v) is 1.87. The third-order valence-electron chi connectivity index (χ3n) is 1.60. The molecule has 3 nitrogen and oxygen atoms in total. The Balaban J connectivity index is 2.68. The predicted molar refractivity (Wildman–Crippen MR) is 55.5 cm³/mol. The molecule has 0 atom stereocenters. The molecule has 1 aromatic heterocycles. The van der Waals surface area contributed by atoms with Crippen molar-refractivity contribution in [3.05, 3.63) is 35.0 Å². The van der Waals surface area contributed by atoms with Crippen LogP contribution in [0.2, 0.25) is 5.02 Å². The molecule has 0 amide bonds. The highest BCUT2D eigenvalue weighted by molar-refractivity contribution is 6.31. The van der Waals surface area contributed by atoms with Crippen molar-refractivity contribution in [3.63, 3.8) is 0 Å². The highest BCUT2D eigenvalue weighted by Gasteiger charge is 2.03. The number of pyridine rings is 1. The SMILES string of the molecule is CC=CCOc1ncc(CO)cc1Cl. The quantitative estimate of drug-likeness (QED) is 0.780. The number of hydrogen-bond acceptors (Lipinski definition) is 3. The van der Waals surface area contributed by atoms with Gasteiger partial charge in [0.2, 0.25) is 5.88 Å². The maximum atomic E-state index is 8.82. The van der Waals surface area contributed by atoms with Gasteiger partial charge >= 0.3 is 0 Å². The van der Waals surface area contributed by atoms with Crippen LogP contribution in [0.3, 0.4) is 0 Å². The lowest BCUT2D eigenvalue weighted by Gasteiger charge is -2.04. The number of aromatic nitrogens is 1. The smallest absolute Gasteiger partial charge is 0.232 e. The van der Waals surface area contributed by atoms with E-state index in [9.17, 15) is 0 Å². The molecule has 0 aliphatic rings. The van der Waals surface area contributed by atoms with Crippen LogP contribution in [0.25, 0.3) is 0 Å². The van der Waals surface area contributed by atoms with Gasteiger partial charge in [-0.15, -0.1) is 0 Å². The maximum absolute atomic E-state index is 8.82. The Morgan fingerprint density at radius 1 is 1.64 bits per heavy atom. The zero-order chi connectivity index (χ0) is 10.4. The van der Waals surface area contributed by atoms with Gasteiger partial charge in [0.05, 0.1) is 6.61 Å². The Labute approximate surface area is 88.0 Å². The molecular formula is C10H12ClNO2. The van der Waals surface area contributed by atoms with Crippen molar-refractivity contribution in [1.29, 1.82) is 0 Å². The van der Waals surface area contributed by atoms with Crippen molar-refractivity contribution in [1.82, 2.24) is 4.98 Å². The number of nitrogens with zero attached hydrogens (tertiary/aromatic N) is 1. The number of aliphatic hydroxyl groups excluding tert-OH is 1. The molecule has 0 unspecified atom stereocenters. The summed E-state index contributed by atoms with van der Waals surface area (Å²) in [7, 11) is 0. The average molecular weight is 214 g/mol. The van der Waals surface area contributed by atoms with Crippen molar-refractivity contribution in [2.24, 2.45) is 0 Å². The molecule has 0 bridgehead atoms. The first-order valence-corrected chi connectivity index (χ1v) is 4.65. The van der Waals surface area contributed by atoms with Crippen molar-refractivity contribution in [2.45, 2.75) is 13.5 Å². The number of ether oxygens (including phenoxy) is 1. The molecule has 0 saturated heterocycles. The molecule has 76 valence electrons. The van der Waals surface area contributed by atoms with E-state index in [2.05, 4.69) is 4.98 Å². The minimum atomic E-state index is -0.0676. The molecule has 1 N–H and O–H groups in total. The van der Waals surface area contributed by atoms with Gasteiger partial charge < -0.3 is 9.84 Å². The predicted octanol–water partition coefficient (Wildman–Crippen LogP) is 2.18. The summed E-state index contributed by atoms with van der Waals surface area (Å²) in [5.74, 6) is 0.391. The second-order valence-electron chi connectivity index (χ2n) is 2.67. The van der Waals surface area contributed by atoms with Gasteiger partial charge in [-0.1, -0.05) is 23.8 Å². The van der Waals surface area contributed by atoms with Crippen molar-refractivity contribution < 1.29 is 9.84 Å². The second kappa shape index (κ2) is 5.62. The summed E-state index contributed by atoms with van der Waals surface area (Å²) >= 11 is 5.86. The van der Waals surface area contributed by atoms with E-state index in [0.717, 1.165) is 0 Å². The standard InChI is InChI=1S/C10H12ClNO2/c1-2-3-4-14-10-9(11)5-8(7-13)6-12-10/h2-3,5-6,13H,4,7H2,1H3. The molecule has 0 spiro atoms. The van der Waals surface area contributed by atoms with Gasteiger partial charge in [-0.3, -0.25) is 0 Å². The number of rotatable bonds is 4. The van der Waals surface area contributed by atoms with Crippen LogP contribution < -0.4 is 4.74 Å². The Bertz CT molecular complexity index is 326.